The highest BCUT2D eigenvalue weighted by Crippen LogP contribution is 2.35. The molecule has 4 N–H and O–H groups in total. The highest BCUT2D eigenvalue weighted by atomic mass is 32.1. The number of hydrogen-bond acceptors (Lipinski definition) is 4. The fraction of sp³-hybridized carbons (Fsp3) is 0. The van der Waals surface area contributed by atoms with Crippen LogP contribution in [0.2, 0.25) is 0 Å². The molecule has 0 bridgehead atoms. The van der Waals surface area contributed by atoms with E-state index in [2.05, 4.69) is 21.4 Å². The summed E-state index contributed by atoms with van der Waals surface area (Å²) in [5.41, 5.74) is 9.05. The summed E-state index contributed by atoms with van der Waals surface area (Å²) in [5, 5.41) is 4.87. The van der Waals surface area contributed by atoms with Gasteiger partial charge in [-0.05, 0) is 48.0 Å². The SMILES string of the molecule is NC(=O)c1cccc(NC(=O)c2cc3c(-c4cnc5[nH]ccc5c4)cccc3s2)c1. The molecule has 0 unspecified atom stereocenters. The van der Waals surface area contributed by atoms with E-state index in [1.54, 1.807) is 24.3 Å². The quantitative estimate of drug-likeness (QED) is 0.395. The zero-order valence-corrected chi connectivity index (χ0v) is 16.5. The topological polar surface area (TPSA) is 101 Å². The summed E-state index contributed by atoms with van der Waals surface area (Å²) in [7, 11) is 0. The van der Waals surface area contributed by atoms with E-state index in [1.165, 1.54) is 11.3 Å². The van der Waals surface area contributed by atoms with Gasteiger partial charge in [-0.2, -0.15) is 0 Å². The Morgan fingerprint density at radius 3 is 2.77 bits per heavy atom. The third kappa shape index (κ3) is 3.21. The Hall–Kier alpha value is -3.97. The van der Waals surface area contributed by atoms with E-state index in [0.717, 1.165) is 32.2 Å². The number of fused-ring (bicyclic) bond motifs is 2. The number of benzene rings is 2. The number of nitrogens with one attached hydrogen (secondary N) is 2. The third-order valence-corrected chi connectivity index (χ3v) is 6.00. The predicted octanol–water partition coefficient (Wildman–Crippen LogP) is 4.80. The summed E-state index contributed by atoms with van der Waals surface area (Å²) in [6, 6.07) is 18.6. The van der Waals surface area contributed by atoms with Crippen LogP contribution in [-0.4, -0.2) is 21.8 Å². The van der Waals surface area contributed by atoms with Gasteiger partial charge < -0.3 is 16.0 Å². The van der Waals surface area contributed by atoms with Crippen molar-refractivity contribution in [2.75, 3.05) is 5.32 Å². The zero-order chi connectivity index (χ0) is 20.7. The molecule has 0 saturated carbocycles. The van der Waals surface area contributed by atoms with Gasteiger partial charge in [-0.3, -0.25) is 9.59 Å². The molecule has 2 aromatic carbocycles. The van der Waals surface area contributed by atoms with Gasteiger partial charge in [0, 0.05) is 44.7 Å². The molecule has 5 aromatic rings. The number of thiophene rings is 1. The van der Waals surface area contributed by atoms with Crippen LogP contribution in [0.25, 0.3) is 32.2 Å². The van der Waals surface area contributed by atoms with Gasteiger partial charge in [0.2, 0.25) is 5.91 Å². The molecule has 7 heteroatoms. The molecule has 30 heavy (non-hydrogen) atoms. The number of primary amides is 1. The first-order chi connectivity index (χ1) is 14.6. The van der Waals surface area contributed by atoms with Crippen molar-refractivity contribution in [2.45, 2.75) is 0 Å². The minimum absolute atomic E-state index is 0.233. The van der Waals surface area contributed by atoms with Crippen LogP contribution in [0.15, 0.2) is 73.1 Å². The standard InChI is InChI=1S/C23H16N4O2S/c24-21(28)13-3-1-4-16(10-13)27-23(29)20-11-18-17(5-2-6-19(18)30-20)15-9-14-7-8-25-22(14)26-12-15/h1-12H,(H2,24,28)(H,25,26)(H,27,29). The normalized spacial score (nSPS) is 11.1. The molecule has 0 spiro atoms. The molecule has 5 rings (SSSR count). The van der Waals surface area contributed by atoms with Gasteiger partial charge in [-0.1, -0.05) is 18.2 Å². The fourth-order valence-corrected chi connectivity index (χ4v) is 4.44. The molecule has 0 fully saturated rings. The van der Waals surface area contributed by atoms with E-state index in [-0.39, 0.29) is 5.91 Å². The number of nitrogens with two attached hydrogens (primary N) is 1. The van der Waals surface area contributed by atoms with Crippen molar-refractivity contribution in [3.8, 4) is 11.1 Å². The maximum Gasteiger partial charge on any atom is 0.265 e. The van der Waals surface area contributed by atoms with Gasteiger partial charge in [-0.25, -0.2) is 4.98 Å². The lowest BCUT2D eigenvalue weighted by Gasteiger charge is -2.04. The number of nitrogens with zero attached hydrogens (tertiary/aromatic N) is 1. The molecule has 0 aliphatic carbocycles. The molecule has 146 valence electrons. The first-order valence-electron chi connectivity index (χ1n) is 9.26. The third-order valence-electron chi connectivity index (χ3n) is 4.90. The highest BCUT2D eigenvalue weighted by molar-refractivity contribution is 7.21. The van der Waals surface area contributed by atoms with E-state index in [0.29, 0.717) is 16.1 Å². The van der Waals surface area contributed by atoms with Gasteiger partial charge in [0.15, 0.2) is 0 Å². The number of carbonyl (C=O) groups excluding carboxylic acids is 2. The summed E-state index contributed by atoms with van der Waals surface area (Å²) in [4.78, 5) is 32.3. The van der Waals surface area contributed by atoms with Gasteiger partial charge >= 0.3 is 0 Å². The Balaban J connectivity index is 1.50. The molecule has 3 aromatic heterocycles. The van der Waals surface area contributed by atoms with Crippen molar-refractivity contribution in [3.63, 3.8) is 0 Å². The molecule has 0 aliphatic rings. The second kappa shape index (κ2) is 7.13. The van der Waals surface area contributed by atoms with Crippen LogP contribution in [0, 0.1) is 0 Å². The summed E-state index contributed by atoms with van der Waals surface area (Å²) in [6.07, 6.45) is 3.70. The van der Waals surface area contributed by atoms with E-state index in [9.17, 15) is 9.59 Å². The number of hydrogen-bond donors (Lipinski definition) is 3. The number of pyridine rings is 1. The van der Waals surface area contributed by atoms with Crippen LogP contribution in [0.4, 0.5) is 5.69 Å². The van der Waals surface area contributed by atoms with Gasteiger partial charge in [-0.15, -0.1) is 11.3 Å². The van der Waals surface area contributed by atoms with Crippen molar-refractivity contribution in [3.05, 3.63) is 83.5 Å². The maximum atomic E-state index is 12.8. The lowest BCUT2D eigenvalue weighted by molar-refractivity contribution is 0.0996. The number of rotatable bonds is 4. The van der Waals surface area contributed by atoms with E-state index >= 15 is 0 Å². The Morgan fingerprint density at radius 1 is 1.03 bits per heavy atom. The van der Waals surface area contributed by atoms with Crippen LogP contribution >= 0.6 is 11.3 Å². The van der Waals surface area contributed by atoms with E-state index in [4.69, 9.17) is 5.73 Å². The monoisotopic (exact) mass is 412 g/mol. The van der Waals surface area contributed by atoms with Crippen molar-refractivity contribution < 1.29 is 9.59 Å². The molecular formula is C23H16N4O2S. The fourth-order valence-electron chi connectivity index (χ4n) is 3.45. The molecule has 0 radical (unpaired) electrons. The molecule has 0 aliphatic heterocycles. The van der Waals surface area contributed by atoms with Gasteiger partial charge in [0.05, 0.1) is 4.88 Å². The van der Waals surface area contributed by atoms with Crippen molar-refractivity contribution in [2.24, 2.45) is 5.73 Å². The predicted molar refractivity (Wildman–Crippen MR) is 120 cm³/mol. The van der Waals surface area contributed by atoms with Crippen molar-refractivity contribution >= 4 is 50.0 Å². The van der Waals surface area contributed by atoms with Crippen LogP contribution in [-0.2, 0) is 0 Å². The number of H-pyrrole nitrogens is 1. The van der Waals surface area contributed by atoms with E-state index in [1.807, 2.05) is 42.7 Å². The molecular weight excluding hydrogens is 396 g/mol. The smallest absolute Gasteiger partial charge is 0.265 e. The minimum atomic E-state index is -0.536. The highest BCUT2D eigenvalue weighted by Gasteiger charge is 2.14. The summed E-state index contributed by atoms with van der Waals surface area (Å²) < 4.78 is 1.01. The summed E-state index contributed by atoms with van der Waals surface area (Å²) in [6.45, 7) is 0. The Labute approximate surface area is 175 Å². The average molecular weight is 412 g/mol. The second-order valence-corrected chi connectivity index (χ2v) is 7.95. The van der Waals surface area contributed by atoms with Crippen LogP contribution in [0.5, 0.6) is 0 Å². The largest absolute Gasteiger partial charge is 0.366 e. The average Bonchev–Trinajstić information content (AvgIpc) is 3.40. The molecule has 6 nitrogen and oxygen atoms in total. The number of anilines is 1. The Morgan fingerprint density at radius 2 is 1.90 bits per heavy atom. The lowest BCUT2D eigenvalue weighted by Crippen LogP contribution is -2.13. The van der Waals surface area contributed by atoms with Crippen molar-refractivity contribution in [1.29, 1.82) is 0 Å². The van der Waals surface area contributed by atoms with Crippen LogP contribution in [0.1, 0.15) is 20.0 Å². The summed E-state index contributed by atoms with van der Waals surface area (Å²) >= 11 is 1.42. The zero-order valence-electron chi connectivity index (χ0n) is 15.7. The first kappa shape index (κ1) is 18.1. The van der Waals surface area contributed by atoms with Crippen molar-refractivity contribution in [1.82, 2.24) is 9.97 Å². The van der Waals surface area contributed by atoms with Gasteiger partial charge in [0.25, 0.3) is 5.91 Å². The molecule has 2 amide bonds. The van der Waals surface area contributed by atoms with Crippen LogP contribution in [0.3, 0.4) is 0 Å². The number of carbonyl (C=O) groups is 2. The van der Waals surface area contributed by atoms with E-state index < -0.39 is 5.91 Å². The Kier molecular flexibility index (Phi) is 4.30. The number of aromatic amines is 1. The maximum absolute atomic E-state index is 12.8. The Bertz CT molecular complexity index is 1430. The second-order valence-electron chi connectivity index (χ2n) is 6.87. The first-order valence-corrected chi connectivity index (χ1v) is 10.1. The molecule has 3 heterocycles. The number of amides is 2. The molecule has 0 saturated heterocycles. The summed E-state index contributed by atoms with van der Waals surface area (Å²) in [5.74, 6) is -0.770. The van der Waals surface area contributed by atoms with Crippen LogP contribution < -0.4 is 11.1 Å². The minimum Gasteiger partial charge on any atom is -0.366 e. The molecule has 0 atom stereocenters. The number of aromatic nitrogens is 2. The lowest BCUT2D eigenvalue weighted by atomic mass is 10.0. The van der Waals surface area contributed by atoms with Gasteiger partial charge in [0.1, 0.15) is 5.65 Å².